The Morgan fingerprint density at radius 2 is 1.72 bits per heavy atom. The van der Waals surface area contributed by atoms with Gasteiger partial charge in [-0.05, 0) is 23.8 Å². The predicted octanol–water partition coefficient (Wildman–Crippen LogP) is 6.99. The van der Waals surface area contributed by atoms with Crippen molar-refractivity contribution in [3.05, 3.63) is 66.9 Å². The van der Waals surface area contributed by atoms with E-state index in [2.05, 4.69) is 5.32 Å². The van der Waals surface area contributed by atoms with Crippen molar-refractivity contribution >= 4 is 74.6 Å². The Kier molecular flexibility index (Phi) is 6.61. The molecular weight excluding hydrogens is 480 g/mol. The minimum atomic E-state index is -1.19. The molecule has 0 bridgehead atoms. The molecule has 0 atom stereocenters. The number of aromatic carboxylic acids is 1. The Balaban J connectivity index is 2.00. The van der Waals surface area contributed by atoms with Crippen LogP contribution in [-0.2, 0) is 0 Å². The maximum Gasteiger partial charge on any atom is 0.339 e. The summed E-state index contributed by atoms with van der Waals surface area (Å²) in [5.41, 5.74) is 1.04. The van der Waals surface area contributed by atoms with Crippen molar-refractivity contribution in [1.82, 2.24) is 0 Å². The highest BCUT2D eigenvalue weighted by Gasteiger charge is 2.24. The molecule has 3 rings (SSSR count). The molecule has 0 fully saturated rings. The maximum atomic E-state index is 12.7. The average molecular weight is 491 g/mol. The van der Waals surface area contributed by atoms with E-state index in [0.29, 0.717) is 16.1 Å². The summed E-state index contributed by atoms with van der Waals surface area (Å²) in [6.45, 7) is 0. The SMILES string of the molecule is COc1c(Cl)cc(C(=O)Nc2scc(-c3ccc(Cl)cc3)c2C(=O)O)c(Cl)c1Cl. The zero-order valence-corrected chi connectivity index (χ0v) is 18.4. The predicted molar refractivity (Wildman–Crippen MR) is 118 cm³/mol. The summed E-state index contributed by atoms with van der Waals surface area (Å²) in [5, 5.41) is 14.6. The highest BCUT2D eigenvalue weighted by molar-refractivity contribution is 7.15. The number of carboxylic acids is 1. The molecule has 29 heavy (non-hydrogen) atoms. The molecule has 0 radical (unpaired) electrons. The van der Waals surface area contributed by atoms with Crippen LogP contribution in [0.2, 0.25) is 20.1 Å². The van der Waals surface area contributed by atoms with E-state index in [1.54, 1.807) is 29.6 Å². The van der Waals surface area contributed by atoms with E-state index in [1.807, 2.05) is 0 Å². The zero-order chi connectivity index (χ0) is 21.3. The summed E-state index contributed by atoms with van der Waals surface area (Å²) in [5.74, 6) is -1.71. The number of nitrogens with one attached hydrogen (secondary N) is 1. The van der Waals surface area contributed by atoms with Gasteiger partial charge in [0.15, 0.2) is 5.75 Å². The smallest absolute Gasteiger partial charge is 0.339 e. The summed E-state index contributed by atoms with van der Waals surface area (Å²) >= 11 is 25.3. The fraction of sp³-hybridized carbons (Fsp3) is 0.0526. The fourth-order valence-electron chi connectivity index (χ4n) is 2.61. The molecular formula is C19H11Cl4NO4S. The third-order valence-corrected chi connectivity index (χ3v) is 6.23. The number of halogens is 4. The van der Waals surface area contributed by atoms with Crippen LogP contribution in [0.25, 0.3) is 11.1 Å². The highest BCUT2D eigenvalue weighted by atomic mass is 35.5. The first-order chi connectivity index (χ1) is 13.7. The number of amides is 1. The molecule has 150 valence electrons. The molecule has 0 saturated carbocycles. The molecule has 1 heterocycles. The molecule has 5 nitrogen and oxygen atoms in total. The van der Waals surface area contributed by atoms with E-state index in [9.17, 15) is 14.7 Å². The second-order valence-electron chi connectivity index (χ2n) is 5.69. The first kappa shape index (κ1) is 21.7. The van der Waals surface area contributed by atoms with Crippen LogP contribution in [0.15, 0.2) is 35.7 Å². The number of ether oxygens (including phenoxy) is 1. The molecule has 10 heteroatoms. The number of thiophene rings is 1. The standard InChI is InChI=1S/C19H11Cl4NO4S/c1-28-16-12(21)6-10(14(22)15(16)23)17(25)24-18-13(19(26)27)11(7-29-18)8-2-4-9(20)5-3-8/h2-7H,1H3,(H,24,25)(H,26,27). The third kappa shape index (κ3) is 4.32. The van der Waals surface area contributed by atoms with Gasteiger partial charge >= 0.3 is 5.97 Å². The van der Waals surface area contributed by atoms with Crippen molar-refractivity contribution in [2.75, 3.05) is 12.4 Å². The molecule has 1 amide bonds. The van der Waals surface area contributed by atoms with E-state index in [0.717, 1.165) is 11.3 Å². The first-order valence-electron chi connectivity index (χ1n) is 7.88. The molecule has 0 aliphatic rings. The Bertz CT molecular complexity index is 1110. The second-order valence-corrected chi connectivity index (χ2v) is 8.17. The van der Waals surface area contributed by atoms with Gasteiger partial charge in [0.25, 0.3) is 5.91 Å². The average Bonchev–Trinajstić information content (AvgIpc) is 3.09. The van der Waals surface area contributed by atoms with Gasteiger partial charge in [-0.25, -0.2) is 4.79 Å². The van der Waals surface area contributed by atoms with Gasteiger partial charge in [-0.3, -0.25) is 4.79 Å². The first-order valence-corrected chi connectivity index (χ1v) is 10.3. The van der Waals surface area contributed by atoms with Gasteiger partial charge in [-0.15, -0.1) is 11.3 Å². The molecule has 0 saturated heterocycles. The monoisotopic (exact) mass is 489 g/mol. The summed E-state index contributed by atoms with van der Waals surface area (Å²) in [6, 6.07) is 8.00. The third-order valence-electron chi connectivity index (χ3n) is 3.95. The largest absolute Gasteiger partial charge is 0.494 e. The van der Waals surface area contributed by atoms with E-state index in [4.69, 9.17) is 51.1 Å². The topological polar surface area (TPSA) is 75.6 Å². The Morgan fingerprint density at radius 3 is 2.31 bits per heavy atom. The lowest BCUT2D eigenvalue weighted by Gasteiger charge is -2.12. The number of hydrogen-bond acceptors (Lipinski definition) is 4. The van der Waals surface area contributed by atoms with Crippen LogP contribution >= 0.6 is 57.7 Å². The lowest BCUT2D eigenvalue weighted by atomic mass is 10.0. The number of carbonyl (C=O) groups excluding carboxylic acids is 1. The van der Waals surface area contributed by atoms with Crippen LogP contribution in [0.1, 0.15) is 20.7 Å². The summed E-state index contributed by atoms with van der Waals surface area (Å²) in [6.07, 6.45) is 0. The highest BCUT2D eigenvalue weighted by Crippen LogP contribution is 2.41. The number of benzene rings is 2. The van der Waals surface area contributed by atoms with E-state index in [-0.39, 0.29) is 36.9 Å². The molecule has 1 aromatic heterocycles. The Morgan fingerprint density at radius 1 is 1.07 bits per heavy atom. The molecule has 2 N–H and O–H groups in total. The Labute approximate surface area is 189 Å². The molecule has 0 unspecified atom stereocenters. The number of rotatable bonds is 5. The van der Waals surface area contributed by atoms with Gasteiger partial charge in [0.2, 0.25) is 0 Å². The number of anilines is 1. The summed E-state index contributed by atoms with van der Waals surface area (Å²) in [7, 11) is 1.37. The number of methoxy groups -OCH3 is 1. The van der Waals surface area contributed by atoms with Crippen LogP contribution in [-0.4, -0.2) is 24.1 Å². The van der Waals surface area contributed by atoms with Crippen LogP contribution in [0.3, 0.4) is 0 Å². The quantitative estimate of drug-likeness (QED) is 0.378. The zero-order valence-electron chi connectivity index (χ0n) is 14.6. The van der Waals surface area contributed by atoms with Crippen LogP contribution in [0.4, 0.5) is 5.00 Å². The van der Waals surface area contributed by atoms with Crippen LogP contribution in [0.5, 0.6) is 5.75 Å². The van der Waals surface area contributed by atoms with Crippen molar-refractivity contribution in [1.29, 1.82) is 0 Å². The van der Waals surface area contributed by atoms with Crippen molar-refractivity contribution in [3.63, 3.8) is 0 Å². The number of carbonyl (C=O) groups is 2. The van der Waals surface area contributed by atoms with Gasteiger partial charge in [0, 0.05) is 16.0 Å². The second kappa shape index (κ2) is 8.81. The fourth-order valence-corrected chi connectivity index (χ4v) is 4.52. The van der Waals surface area contributed by atoms with Crippen LogP contribution in [0, 0.1) is 0 Å². The van der Waals surface area contributed by atoms with Gasteiger partial charge in [-0.1, -0.05) is 58.5 Å². The normalized spacial score (nSPS) is 10.7. The number of carboxylic acid groups (broad SMARTS) is 1. The molecule has 0 spiro atoms. The number of hydrogen-bond donors (Lipinski definition) is 2. The van der Waals surface area contributed by atoms with E-state index < -0.39 is 11.9 Å². The lowest BCUT2D eigenvalue weighted by molar-refractivity contribution is 0.0699. The minimum absolute atomic E-state index is 0.0137. The van der Waals surface area contributed by atoms with Crippen molar-refractivity contribution < 1.29 is 19.4 Å². The minimum Gasteiger partial charge on any atom is -0.494 e. The van der Waals surface area contributed by atoms with Gasteiger partial charge in [0.1, 0.15) is 15.6 Å². The van der Waals surface area contributed by atoms with Crippen molar-refractivity contribution in [2.45, 2.75) is 0 Å². The van der Waals surface area contributed by atoms with Gasteiger partial charge in [-0.2, -0.15) is 0 Å². The van der Waals surface area contributed by atoms with E-state index >= 15 is 0 Å². The van der Waals surface area contributed by atoms with Crippen molar-refractivity contribution in [2.24, 2.45) is 0 Å². The van der Waals surface area contributed by atoms with Gasteiger partial charge < -0.3 is 15.2 Å². The van der Waals surface area contributed by atoms with Crippen LogP contribution < -0.4 is 10.1 Å². The summed E-state index contributed by atoms with van der Waals surface area (Å²) in [4.78, 5) is 24.6. The molecule has 0 aliphatic carbocycles. The maximum absolute atomic E-state index is 12.7. The Hall–Kier alpha value is -1.96. The van der Waals surface area contributed by atoms with Crippen molar-refractivity contribution in [3.8, 4) is 16.9 Å². The molecule has 2 aromatic carbocycles. The van der Waals surface area contributed by atoms with E-state index in [1.165, 1.54) is 13.2 Å². The molecule has 3 aromatic rings. The molecule has 0 aliphatic heterocycles. The summed E-state index contributed by atoms with van der Waals surface area (Å²) < 4.78 is 5.06. The lowest BCUT2D eigenvalue weighted by Crippen LogP contribution is -2.14. The van der Waals surface area contributed by atoms with Gasteiger partial charge in [0.05, 0.1) is 22.7 Å².